The van der Waals surface area contributed by atoms with E-state index < -0.39 is 5.41 Å². The fraction of sp³-hybridized carbons (Fsp3) is 0.588. The van der Waals surface area contributed by atoms with Gasteiger partial charge in [-0.2, -0.15) is 0 Å². The van der Waals surface area contributed by atoms with Gasteiger partial charge in [0.05, 0.1) is 22.1 Å². The number of hydrogen-bond donors (Lipinski definition) is 0. The van der Waals surface area contributed by atoms with Gasteiger partial charge in [0.1, 0.15) is 0 Å². The van der Waals surface area contributed by atoms with Crippen LogP contribution in [0.1, 0.15) is 38.7 Å². The highest BCUT2D eigenvalue weighted by Crippen LogP contribution is 2.51. The average molecular weight is 327 g/mol. The summed E-state index contributed by atoms with van der Waals surface area (Å²) in [5.41, 5.74) is 0.420. The van der Waals surface area contributed by atoms with Crippen molar-refractivity contribution in [2.45, 2.75) is 38.5 Å². The van der Waals surface area contributed by atoms with Gasteiger partial charge >= 0.3 is 5.97 Å². The van der Waals surface area contributed by atoms with E-state index >= 15 is 0 Å². The van der Waals surface area contributed by atoms with E-state index in [-0.39, 0.29) is 11.9 Å². The first-order chi connectivity index (χ1) is 9.95. The van der Waals surface area contributed by atoms with Gasteiger partial charge in [0.2, 0.25) is 0 Å². The first kappa shape index (κ1) is 15.2. The van der Waals surface area contributed by atoms with Crippen LogP contribution in [0.4, 0.5) is 0 Å². The lowest BCUT2D eigenvalue weighted by Crippen LogP contribution is -2.39. The van der Waals surface area contributed by atoms with Crippen LogP contribution < -0.4 is 0 Å². The van der Waals surface area contributed by atoms with E-state index in [0.29, 0.717) is 28.5 Å². The Morgan fingerprint density at radius 1 is 1.24 bits per heavy atom. The maximum Gasteiger partial charge on any atom is 0.316 e. The summed E-state index contributed by atoms with van der Waals surface area (Å²) in [5, 5.41) is 1.03. The van der Waals surface area contributed by atoms with Crippen molar-refractivity contribution in [3.8, 4) is 0 Å². The highest BCUT2D eigenvalue weighted by Gasteiger charge is 2.56. The second kappa shape index (κ2) is 5.48. The summed E-state index contributed by atoms with van der Waals surface area (Å²) in [6.45, 7) is 5.03. The Hall–Kier alpha value is -0.730. The second-order valence-corrected chi connectivity index (χ2v) is 7.48. The molecule has 2 fully saturated rings. The number of hydrogen-bond acceptors (Lipinski definition) is 2. The monoisotopic (exact) mass is 326 g/mol. The minimum Gasteiger partial charge on any atom is -0.465 e. The third-order valence-electron chi connectivity index (χ3n) is 5.32. The van der Waals surface area contributed by atoms with Gasteiger partial charge < -0.3 is 4.74 Å². The van der Waals surface area contributed by atoms with Gasteiger partial charge in [-0.25, -0.2) is 0 Å². The fourth-order valence-electron chi connectivity index (χ4n) is 4.17. The number of ether oxygens (including phenoxy) is 1. The Balaban J connectivity index is 2.12. The number of cyclic esters (lactones) is 1. The minimum atomic E-state index is -0.543. The van der Waals surface area contributed by atoms with Gasteiger partial charge in [-0.3, -0.25) is 4.79 Å². The molecule has 4 atom stereocenters. The Labute approximate surface area is 135 Å². The number of benzene rings is 1. The summed E-state index contributed by atoms with van der Waals surface area (Å²) < 4.78 is 5.47. The largest absolute Gasteiger partial charge is 0.465 e. The van der Waals surface area contributed by atoms with Crippen molar-refractivity contribution in [2.24, 2.45) is 17.8 Å². The highest BCUT2D eigenvalue weighted by molar-refractivity contribution is 6.42. The zero-order valence-corrected chi connectivity index (χ0v) is 13.9. The van der Waals surface area contributed by atoms with Gasteiger partial charge in [-0.05, 0) is 48.8 Å². The summed E-state index contributed by atoms with van der Waals surface area (Å²) in [4.78, 5) is 12.6. The lowest BCUT2D eigenvalue weighted by molar-refractivity contribution is -0.143. The molecule has 1 heterocycles. The molecule has 0 N–H and O–H groups in total. The first-order valence-corrected chi connectivity index (χ1v) is 8.33. The highest BCUT2D eigenvalue weighted by atomic mass is 35.5. The number of rotatable bonds is 1. The van der Waals surface area contributed by atoms with Crippen LogP contribution >= 0.6 is 23.2 Å². The number of esters is 1. The molecule has 0 radical (unpaired) electrons. The molecule has 2 nitrogen and oxygen atoms in total. The molecule has 114 valence electrons. The lowest BCUT2D eigenvalue weighted by atomic mass is 9.66. The number of fused-ring (bicyclic) bond motifs is 1. The quantitative estimate of drug-likeness (QED) is 0.689. The normalized spacial score (nSPS) is 36.0. The summed E-state index contributed by atoms with van der Waals surface area (Å²) in [5.74, 6) is 1.24. The van der Waals surface area contributed by atoms with Crippen LogP contribution in [0.3, 0.4) is 0 Å². The molecule has 0 spiro atoms. The van der Waals surface area contributed by atoms with Crippen LogP contribution in [0, 0.1) is 17.8 Å². The summed E-state index contributed by atoms with van der Waals surface area (Å²) in [6, 6.07) is 5.58. The molecule has 2 aliphatic rings. The minimum absolute atomic E-state index is 0.0909. The predicted octanol–water partition coefficient (Wildman–Crippen LogP) is 4.86. The lowest BCUT2D eigenvalue weighted by Gasteiger charge is -2.32. The predicted molar refractivity (Wildman–Crippen MR) is 84.8 cm³/mol. The zero-order chi connectivity index (χ0) is 15.2. The molecule has 1 aliphatic heterocycles. The Morgan fingerprint density at radius 3 is 2.71 bits per heavy atom. The van der Waals surface area contributed by atoms with Gasteiger partial charge in [-0.15, -0.1) is 0 Å². The molecule has 4 heteroatoms. The van der Waals surface area contributed by atoms with Crippen molar-refractivity contribution in [1.82, 2.24) is 0 Å². The van der Waals surface area contributed by atoms with E-state index in [0.717, 1.165) is 24.8 Å². The topological polar surface area (TPSA) is 26.3 Å². The van der Waals surface area contributed by atoms with Crippen molar-refractivity contribution in [2.75, 3.05) is 6.61 Å². The fourth-order valence-corrected chi connectivity index (χ4v) is 4.46. The smallest absolute Gasteiger partial charge is 0.316 e. The average Bonchev–Trinajstić information content (AvgIpc) is 2.71. The standard InChI is InChI=1S/C17H20Cl2O2/c1-10-5-6-17(12-3-4-14(18)15(19)8-12)13(11(2)7-10)9-21-16(17)20/h3-4,8,10-11,13H,5-7,9H2,1-2H3. The Morgan fingerprint density at radius 2 is 2.00 bits per heavy atom. The van der Waals surface area contributed by atoms with Crippen molar-refractivity contribution in [1.29, 1.82) is 0 Å². The molecule has 0 aromatic heterocycles. The van der Waals surface area contributed by atoms with Crippen LogP contribution in [0.2, 0.25) is 10.0 Å². The van der Waals surface area contributed by atoms with Crippen molar-refractivity contribution >= 4 is 29.2 Å². The number of halogens is 2. The Kier molecular flexibility index (Phi) is 3.96. The van der Waals surface area contributed by atoms with E-state index in [1.54, 1.807) is 6.07 Å². The molecule has 21 heavy (non-hydrogen) atoms. The van der Waals surface area contributed by atoms with E-state index in [2.05, 4.69) is 13.8 Å². The van der Waals surface area contributed by atoms with Gasteiger partial charge in [0.25, 0.3) is 0 Å². The maximum absolute atomic E-state index is 12.6. The maximum atomic E-state index is 12.6. The molecule has 0 amide bonds. The Bertz CT molecular complexity index is 572. The van der Waals surface area contributed by atoms with E-state index in [1.807, 2.05) is 12.1 Å². The molecule has 0 bridgehead atoms. The van der Waals surface area contributed by atoms with E-state index in [1.165, 1.54) is 0 Å². The van der Waals surface area contributed by atoms with Crippen LogP contribution in [-0.4, -0.2) is 12.6 Å². The molecular weight excluding hydrogens is 307 g/mol. The van der Waals surface area contributed by atoms with E-state index in [4.69, 9.17) is 27.9 Å². The second-order valence-electron chi connectivity index (χ2n) is 6.66. The molecule has 1 saturated heterocycles. The molecular formula is C17H20Cl2O2. The molecule has 1 aromatic rings. The third kappa shape index (κ3) is 2.37. The summed E-state index contributed by atoms with van der Waals surface area (Å²) in [7, 11) is 0. The van der Waals surface area contributed by atoms with Gasteiger partial charge in [-0.1, -0.05) is 43.1 Å². The van der Waals surface area contributed by atoms with Crippen LogP contribution in [0.15, 0.2) is 18.2 Å². The van der Waals surface area contributed by atoms with Gasteiger partial charge in [0, 0.05) is 5.92 Å². The molecule has 1 aromatic carbocycles. The number of carbonyl (C=O) groups is 1. The van der Waals surface area contributed by atoms with Crippen LogP contribution in [0.5, 0.6) is 0 Å². The molecule has 1 aliphatic carbocycles. The summed E-state index contributed by atoms with van der Waals surface area (Å²) in [6.07, 6.45) is 3.01. The SMILES string of the molecule is CC1CCC2(c3ccc(Cl)c(Cl)c3)C(=O)OCC2C(C)C1. The first-order valence-electron chi connectivity index (χ1n) is 7.58. The van der Waals surface area contributed by atoms with Crippen LogP contribution in [-0.2, 0) is 14.9 Å². The zero-order valence-electron chi connectivity index (χ0n) is 12.4. The number of carbonyl (C=O) groups excluding carboxylic acids is 1. The van der Waals surface area contributed by atoms with Gasteiger partial charge in [0.15, 0.2) is 0 Å². The van der Waals surface area contributed by atoms with E-state index in [9.17, 15) is 4.79 Å². The molecule has 3 rings (SSSR count). The molecule has 4 unspecified atom stereocenters. The van der Waals surface area contributed by atoms with Crippen LogP contribution in [0.25, 0.3) is 0 Å². The van der Waals surface area contributed by atoms with Crippen molar-refractivity contribution < 1.29 is 9.53 Å². The van der Waals surface area contributed by atoms with Crippen molar-refractivity contribution in [3.63, 3.8) is 0 Å². The third-order valence-corrected chi connectivity index (χ3v) is 6.06. The van der Waals surface area contributed by atoms with Crippen molar-refractivity contribution in [3.05, 3.63) is 33.8 Å². The summed E-state index contributed by atoms with van der Waals surface area (Å²) >= 11 is 12.2. The molecule has 1 saturated carbocycles.